The number of rotatable bonds is 10. The van der Waals surface area contributed by atoms with Crippen molar-refractivity contribution < 1.29 is 46.1 Å². The van der Waals surface area contributed by atoms with E-state index in [1.165, 1.54) is 26.4 Å². The van der Waals surface area contributed by atoms with Gasteiger partial charge in [0.25, 0.3) is 0 Å². The molecule has 0 saturated heterocycles. The largest absolute Gasteiger partial charge is 0.492 e. The van der Waals surface area contributed by atoms with Crippen molar-refractivity contribution >= 4 is 11.5 Å². The predicted molar refractivity (Wildman–Crippen MR) is 96.2 cm³/mol. The van der Waals surface area contributed by atoms with Gasteiger partial charge in [-0.05, 0) is 23.3 Å². The van der Waals surface area contributed by atoms with Crippen molar-refractivity contribution in [1.29, 1.82) is 0 Å². The van der Waals surface area contributed by atoms with Gasteiger partial charge in [0.05, 0.1) is 25.2 Å². The van der Waals surface area contributed by atoms with Crippen LogP contribution >= 0.6 is 0 Å². The lowest BCUT2D eigenvalue weighted by Gasteiger charge is -2.42. The van der Waals surface area contributed by atoms with Crippen LogP contribution in [0.1, 0.15) is 5.56 Å². The average molecular weight is 437 g/mol. The van der Waals surface area contributed by atoms with E-state index < -0.39 is 23.4 Å². The number of benzene rings is 1. The average Bonchev–Trinajstić information content (AvgIpc) is 2.69. The summed E-state index contributed by atoms with van der Waals surface area (Å²) in [5.41, 5.74) is 0.216. The van der Waals surface area contributed by atoms with Crippen LogP contribution < -0.4 is 0 Å². The zero-order valence-corrected chi connectivity index (χ0v) is 16.5. The standard InChI is InChI=1S/C19H23F4NO6/c1-26-12-28-10-18(11-29-13-27-2)9-24(30-17(25)19(21,22)23)8-7-16(18)14-3-5-15(20)6-4-14/h3-7H,8-13H2,1-2H3. The maximum atomic E-state index is 13.4. The summed E-state index contributed by atoms with van der Waals surface area (Å²) in [5, 5.41) is 0.884. The fraction of sp³-hybridized carbons (Fsp3) is 0.526. The van der Waals surface area contributed by atoms with E-state index in [9.17, 15) is 22.4 Å². The Kier molecular flexibility index (Phi) is 8.74. The van der Waals surface area contributed by atoms with Crippen LogP contribution in [-0.4, -0.2) is 71.3 Å². The molecule has 0 spiro atoms. The molecule has 0 saturated carbocycles. The predicted octanol–water partition coefficient (Wildman–Crippen LogP) is 2.77. The molecule has 7 nitrogen and oxygen atoms in total. The van der Waals surface area contributed by atoms with Gasteiger partial charge >= 0.3 is 12.1 Å². The van der Waals surface area contributed by atoms with Gasteiger partial charge in [0.1, 0.15) is 19.4 Å². The Morgan fingerprint density at radius 2 is 1.63 bits per heavy atom. The number of hydrogen-bond donors (Lipinski definition) is 0. The summed E-state index contributed by atoms with van der Waals surface area (Å²) in [6.07, 6.45) is -3.55. The molecule has 0 fully saturated rings. The molecule has 0 N–H and O–H groups in total. The Bertz CT molecular complexity index is 713. The molecule has 0 amide bonds. The van der Waals surface area contributed by atoms with Gasteiger partial charge in [0.15, 0.2) is 0 Å². The van der Waals surface area contributed by atoms with Crippen molar-refractivity contribution in [3.63, 3.8) is 0 Å². The third kappa shape index (κ3) is 6.47. The first-order valence-electron chi connectivity index (χ1n) is 8.86. The van der Waals surface area contributed by atoms with Crippen molar-refractivity contribution in [3.05, 3.63) is 41.7 Å². The second-order valence-corrected chi connectivity index (χ2v) is 6.61. The summed E-state index contributed by atoms with van der Waals surface area (Å²) >= 11 is 0. The van der Waals surface area contributed by atoms with E-state index in [-0.39, 0.29) is 39.9 Å². The number of carbonyl (C=O) groups is 1. The number of carbonyl (C=O) groups excluding carboxylic acids is 1. The lowest BCUT2D eigenvalue weighted by molar-refractivity contribution is -0.243. The maximum Gasteiger partial charge on any atom is 0.492 e. The zero-order valence-electron chi connectivity index (χ0n) is 16.5. The number of methoxy groups -OCH3 is 2. The highest BCUT2D eigenvalue weighted by atomic mass is 19.4. The number of hydroxylamine groups is 2. The van der Waals surface area contributed by atoms with Crippen LogP contribution in [0, 0.1) is 11.2 Å². The quantitative estimate of drug-likeness (QED) is 0.317. The van der Waals surface area contributed by atoms with Crippen LogP contribution in [0.3, 0.4) is 0 Å². The summed E-state index contributed by atoms with van der Waals surface area (Å²) in [4.78, 5) is 15.8. The van der Waals surface area contributed by atoms with Crippen LogP contribution in [-0.2, 0) is 28.6 Å². The van der Waals surface area contributed by atoms with E-state index in [2.05, 4.69) is 4.84 Å². The summed E-state index contributed by atoms with van der Waals surface area (Å²) < 4.78 is 72.1. The van der Waals surface area contributed by atoms with Gasteiger partial charge in [-0.2, -0.15) is 13.2 Å². The third-order valence-electron chi connectivity index (χ3n) is 4.31. The molecule has 1 aliphatic rings. The molecule has 30 heavy (non-hydrogen) atoms. The molecule has 0 aromatic heterocycles. The minimum Gasteiger partial charge on any atom is -0.360 e. The monoisotopic (exact) mass is 437 g/mol. The molecule has 168 valence electrons. The first-order valence-corrected chi connectivity index (χ1v) is 8.86. The Morgan fingerprint density at radius 1 is 1.07 bits per heavy atom. The molecular formula is C19H23F4NO6. The van der Waals surface area contributed by atoms with E-state index in [0.717, 1.165) is 5.06 Å². The summed E-state index contributed by atoms with van der Waals surface area (Å²) in [5.74, 6) is -2.77. The van der Waals surface area contributed by atoms with Crippen molar-refractivity contribution in [1.82, 2.24) is 5.06 Å². The fourth-order valence-corrected chi connectivity index (χ4v) is 3.12. The third-order valence-corrected chi connectivity index (χ3v) is 4.31. The van der Waals surface area contributed by atoms with Crippen molar-refractivity contribution in [2.75, 3.05) is 54.1 Å². The molecule has 1 aromatic rings. The van der Waals surface area contributed by atoms with Crippen molar-refractivity contribution in [2.24, 2.45) is 5.41 Å². The molecule has 1 aliphatic heterocycles. The van der Waals surface area contributed by atoms with Gasteiger partial charge in [0.2, 0.25) is 0 Å². The molecule has 2 rings (SSSR count). The number of halogens is 4. The Morgan fingerprint density at radius 3 is 2.13 bits per heavy atom. The molecular weight excluding hydrogens is 414 g/mol. The van der Waals surface area contributed by atoms with E-state index in [0.29, 0.717) is 11.1 Å². The van der Waals surface area contributed by atoms with Crippen LogP contribution in [0.2, 0.25) is 0 Å². The van der Waals surface area contributed by atoms with Gasteiger partial charge in [-0.25, -0.2) is 9.18 Å². The van der Waals surface area contributed by atoms with E-state index in [1.54, 1.807) is 18.2 Å². The second-order valence-electron chi connectivity index (χ2n) is 6.61. The zero-order chi connectivity index (χ0) is 22.2. The molecule has 0 aliphatic carbocycles. The fourth-order valence-electron chi connectivity index (χ4n) is 3.12. The SMILES string of the molecule is COCOCC1(COCOC)CN(OC(=O)C(F)(F)F)CC=C1c1ccc(F)cc1. The summed E-state index contributed by atoms with van der Waals surface area (Å²) in [6, 6.07) is 5.62. The van der Waals surface area contributed by atoms with E-state index in [4.69, 9.17) is 18.9 Å². The Hall–Kier alpha value is -2.05. The Labute approximate surface area is 171 Å². The molecule has 0 bridgehead atoms. The molecule has 0 unspecified atom stereocenters. The normalized spacial score (nSPS) is 16.9. The summed E-state index contributed by atoms with van der Waals surface area (Å²) in [7, 11) is 2.84. The number of ether oxygens (including phenoxy) is 4. The van der Waals surface area contributed by atoms with Crippen molar-refractivity contribution in [2.45, 2.75) is 6.18 Å². The van der Waals surface area contributed by atoms with Gasteiger partial charge < -0.3 is 23.8 Å². The van der Waals surface area contributed by atoms with Gasteiger partial charge in [-0.1, -0.05) is 18.2 Å². The van der Waals surface area contributed by atoms with Crippen LogP contribution in [0.5, 0.6) is 0 Å². The first-order chi connectivity index (χ1) is 14.2. The highest BCUT2D eigenvalue weighted by molar-refractivity contribution is 5.76. The topological polar surface area (TPSA) is 66.5 Å². The number of alkyl halides is 3. The van der Waals surface area contributed by atoms with Crippen LogP contribution in [0.25, 0.3) is 5.57 Å². The van der Waals surface area contributed by atoms with E-state index in [1.807, 2.05) is 0 Å². The van der Waals surface area contributed by atoms with Gasteiger partial charge in [-0.3, -0.25) is 0 Å². The first kappa shape index (κ1) is 24.2. The van der Waals surface area contributed by atoms with Crippen molar-refractivity contribution in [3.8, 4) is 0 Å². The van der Waals surface area contributed by atoms with Crippen LogP contribution in [0.4, 0.5) is 17.6 Å². The Balaban J connectivity index is 2.37. The highest BCUT2D eigenvalue weighted by Gasteiger charge is 2.46. The van der Waals surface area contributed by atoms with E-state index >= 15 is 0 Å². The molecule has 0 atom stereocenters. The molecule has 1 aromatic carbocycles. The minimum atomic E-state index is -5.14. The smallest absolute Gasteiger partial charge is 0.360 e. The summed E-state index contributed by atoms with van der Waals surface area (Å²) in [6.45, 7) is -0.492. The lowest BCUT2D eigenvalue weighted by atomic mass is 9.75. The second kappa shape index (κ2) is 10.8. The maximum absolute atomic E-state index is 13.4. The minimum absolute atomic E-state index is 0.0339. The number of nitrogens with zero attached hydrogens (tertiary/aromatic N) is 1. The number of hydrogen-bond acceptors (Lipinski definition) is 7. The molecule has 1 heterocycles. The van der Waals surface area contributed by atoms with Gasteiger partial charge in [0, 0.05) is 20.8 Å². The molecule has 0 radical (unpaired) electrons. The lowest BCUT2D eigenvalue weighted by Crippen LogP contribution is -2.49. The highest BCUT2D eigenvalue weighted by Crippen LogP contribution is 2.40. The molecule has 11 heteroatoms. The van der Waals surface area contributed by atoms with Gasteiger partial charge in [-0.15, -0.1) is 5.06 Å². The van der Waals surface area contributed by atoms with Crippen LogP contribution in [0.15, 0.2) is 30.3 Å².